The van der Waals surface area contributed by atoms with E-state index in [1.807, 2.05) is 19.2 Å². The first-order valence-corrected chi connectivity index (χ1v) is 6.49. The van der Waals surface area contributed by atoms with E-state index in [-0.39, 0.29) is 0 Å². The number of nitrogens with zero attached hydrogens (tertiary/aromatic N) is 3. The number of aryl methyl sites for hydroxylation is 1. The van der Waals surface area contributed by atoms with Gasteiger partial charge in [0, 0.05) is 12.1 Å². The molecule has 0 saturated carbocycles. The van der Waals surface area contributed by atoms with Crippen molar-refractivity contribution in [2.75, 3.05) is 17.0 Å². The van der Waals surface area contributed by atoms with Crippen molar-refractivity contribution in [1.82, 2.24) is 15.1 Å². The van der Waals surface area contributed by atoms with Gasteiger partial charge < -0.3 is 15.3 Å². The summed E-state index contributed by atoms with van der Waals surface area (Å²) < 4.78 is 4.98. The Labute approximate surface area is 109 Å². The molecular formula is C10H14N6OS. The number of hydrogen-bond acceptors (Lipinski definition) is 8. The van der Waals surface area contributed by atoms with E-state index >= 15 is 0 Å². The lowest BCUT2D eigenvalue weighted by Gasteiger charge is -2.07. The second kappa shape index (κ2) is 5.69. The molecule has 0 unspecified atom stereocenters. The van der Waals surface area contributed by atoms with E-state index in [1.165, 1.54) is 11.8 Å². The number of thioether (sulfide) groups is 1. The van der Waals surface area contributed by atoms with Crippen LogP contribution in [0.3, 0.4) is 0 Å². The van der Waals surface area contributed by atoms with Crippen molar-refractivity contribution in [1.29, 1.82) is 0 Å². The summed E-state index contributed by atoms with van der Waals surface area (Å²) in [5.41, 5.74) is 3.32. The fourth-order valence-corrected chi connectivity index (χ4v) is 1.74. The average Bonchev–Trinajstić information content (AvgIpc) is 2.81. The van der Waals surface area contributed by atoms with E-state index < -0.39 is 0 Å². The molecule has 0 atom stereocenters. The van der Waals surface area contributed by atoms with Crippen LogP contribution in [0.15, 0.2) is 21.8 Å². The summed E-state index contributed by atoms with van der Waals surface area (Å²) in [6, 6.07) is 3.60. The summed E-state index contributed by atoms with van der Waals surface area (Å²) in [6.45, 7) is 2.38. The minimum absolute atomic E-state index is 0.534. The molecule has 8 heteroatoms. The summed E-state index contributed by atoms with van der Waals surface area (Å²) in [5, 5.41) is 7.67. The molecule has 0 aliphatic rings. The molecule has 0 aromatic carbocycles. The Hall–Kier alpha value is -1.80. The normalized spacial score (nSPS) is 10.4. The zero-order valence-corrected chi connectivity index (χ0v) is 10.9. The summed E-state index contributed by atoms with van der Waals surface area (Å²) in [6.07, 6.45) is 1.90. The van der Waals surface area contributed by atoms with Crippen LogP contribution >= 0.6 is 11.8 Å². The lowest BCUT2D eigenvalue weighted by atomic mass is 10.4. The lowest BCUT2D eigenvalue weighted by Crippen LogP contribution is -2.11. The summed E-state index contributed by atoms with van der Waals surface area (Å²) in [4.78, 5) is 8.48. The molecular weight excluding hydrogens is 252 g/mol. The van der Waals surface area contributed by atoms with Gasteiger partial charge in [-0.15, -0.1) is 0 Å². The Morgan fingerprint density at radius 1 is 1.33 bits per heavy atom. The van der Waals surface area contributed by atoms with Crippen LogP contribution in [0.1, 0.15) is 11.5 Å². The average molecular weight is 266 g/mol. The highest BCUT2D eigenvalue weighted by molar-refractivity contribution is 7.98. The Kier molecular flexibility index (Phi) is 4.00. The molecule has 0 aliphatic heterocycles. The molecule has 0 radical (unpaired) electrons. The third-order valence-electron chi connectivity index (χ3n) is 2.16. The van der Waals surface area contributed by atoms with Gasteiger partial charge in [-0.25, -0.2) is 15.8 Å². The Morgan fingerprint density at radius 2 is 2.11 bits per heavy atom. The highest BCUT2D eigenvalue weighted by Crippen LogP contribution is 2.17. The van der Waals surface area contributed by atoms with Crippen LogP contribution in [0.4, 0.5) is 11.6 Å². The first-order chi connectivity index (χ1) is 8.71. The molecule has 2 aromatic rings. The zero-order chi connectivity index (χ0) is 13.0. The number of anilines is 2. The first-order valence-electron chi connectivity index (χ1n) is 5.27. The van der Waals surface area contributed by atoms with Gasteiger partial charge in [-0.1, -0.05) is 16.9 Å². The van der Waals surface area contributed by atoms with Crippen LogP contribution in [0.25, 0.3) is 0 Å². The number of nitrogens with one attached hydrogen (secondary N) is 2. The number of nitrogens with two attached hydrogens (primary N) is 1. The Morgan fingerprint density at radius 3 is 2.72 bits per heavy atom. The van der Waals surface area contributed by atoms with E-state index in [2.05, 4.69) is 25.9 Å². The molecule has 0 spiro atoms. The third kappa shape index (κ3) is 3.11. The molecule has 2 rings (SSSR count). The van der Waals surface area contributed by atoms with E-state index in [9.17, 15) is 0 Å². The van der Waals surface area contributed by atoms with Crippen LogP contribution in [-0.4, -0.2) is 21.4 Å². The topological polar surface area (TPSA) is 102 Å². The predicted octanol–water partition coefficient (Wildman–Crippen LogP) is 1.39. The van der Waals surface area contributed by atoms with Gasteiger partial charge in [-0.05, 0) is 13.2 Å². The molecule has 2 aromatic heterocycles. The maximum atomic E-state index is 5.35. The molecule has 96 valence electrons. The number of hydrogen-bond donors (Lipinski definition) is 3. The predicted molar refractivity (Wildman–Crippen MR) is 70.2 cm³/mol. The molecule has 18 heavy (non-hydrogen) atoms. The number of hydrazine groups is 1. The van der Waals surface area contributed by atoms with Crippen molar-refractivity contribution in [2.45, 2.75) is 18.6 Å². The SMILES string of the molecule is CSc1nc(NN)cc(NCc2cc(C)on2)n1. The third-order valence-corrected chi connectivity index (χ3v) is 2.71. The maximum absolute atomic E-state index is 5.35. The van der Waals surface area contributed by atoms with Gasteiger partial charge in [0.05, 0.1) is 6.54 Å². The van der Waals surface area contributed by atoms with E-state index in [4.69, 9.17) is 10.4 Å². The van der Waals surface area contributed by atoms with Crippen LogP contribution < -0.4 is 16.6 Å². The van der Waals surface area contributed by atoms with Crippen molar-refractivity contribution in [3.05, 3.63) is 23.6 Å². The van der Waals surface area contributed by atoms with Crippen molar-refractivity contribution in [3.8, 4) is 0 Å². The highest BCUT2D eigenvalue weighted by Gasteiger charge is 2.04. The van der Waals surface area contributed by atoms with Crippen molar-refractivity contribution < 1.29 is 4.52 Å². The molecule has 0 saturated heterocycles. The standard InChI is InChI=1S/C10H14N6OS/c1-6-3-7(16-17-6)5-12-8-4-9(15-11)14-10(13-8)18-2/h3-4H,5,11H2,1-2H3,(H2,12,13,14,15). The lowest BCUT2D eigenvalue weighted by molar-refractivity contribution is 0.391. The van der Waals surface area contributed by atoms with Crippen molar-refractivity contribution >= 4 is 23.4 Å². The zero-order valence-electron chi connectivity index (χ0n) is 10.1. The van der Waals surface area contributed by atoms with E-state index in [0.717, 1.165) is 11.5 Å². The quantitative estimate of drug-likeness (QED) is 0.323. The minimum Gasteiger partial charge on any atom is -0.364 e. The van der Waals surface area contributed by atoms with E-state index in [1.54, 1.807) is 6.07 Å². The molecule has 0 aliphatic carbocycles. The monoisotopic (exact) mass is 266 g/mol. The number of aromatic nitrogens is 3. The van der Waals surface area contributed by atoms with E-state index in [0.29, 0.717) is 23.3 Å². The van der Waals surface area contributed by atoms with Crippen LogP contribution in [0.2, 0.25) is 0 Å². The first kappa shape index (κ1) is 12.7. The smallest absolute Gasteiger partial charge is 0.191 e. The summed E-state index contributed by atoms with van der Waals surface area (Å²) >= 11 is 1.45. The van der Waals surface area contributed by atoms with Gasteiger partial charge in [0.15, 0.2) is 5.16 Å². The highest BCUT2D eigenvalue weighted by atomic mass is 32.2. The van der Waals surface area contributed by atoms with Gasteiger partial charge in [0.2, 0.25) is 0 Å². The van der Waals surface area contributed by atoms with Crippen LogP contribution in [0, 0.1) is 6.92 Å². The van der Waals surface area contributed by atoms with Crippen LogP contribution in [0.5, 0.6) is 0 Å². The second-order valence-electron chi connectivity index (χ2n) is 3.55. The Bertz CT molecular complexity index is 507. The fourth-order valence-electron chi connectivity index (χ4n) is 1.36. The Balaban J connectivity index is 2.08. The maximum Gasteiger partial charge on any atom is 0.191 e. The van der Waals surface area contributed by atoms with Crippen molar-refractivity contribution in [2.24, 2.45) is 5.84 Å². The molecule has 0 bridgehead atoms. The summed E-state index contributed by atoms with van der Waals surface area (Å²) in [7, 11) is 0. The van der Waals surface area contributed by atoms with Crippen molar-refractivity contribution in [3.63, 3.8) is 0 Å². The molecule has 2 heterocycles. The second-order valence-corrected chi connectivity index (χ2v) is 4.33. The van der Waals surface area contributed by atoms with Crippen LogP contribution in [-0.2, 0) is 6.54 Å². The number of rotatable bonds is 5. The van der Waals surface area contributed by atoms with Gasteiger partial charge in [-0.3, -0.25) is 0 Å². The minimum atomic E-state index is 0.534. The molecule has 0 fully saturated rings. The number of nitrogen functional groups attached to an aromatic ring is 1. The molecule has 4 N–H and O–H groups in total. The molecule has 7 nitrogen and oxygen atoms in total. The van der Waals surface area contributed by atoms with Gasteiger partial charge in [0.1, 0.15) is 23.1 Å². The van der Waals surface area contributed by atoms with Gasteiger partial charge >= 0.3 is 0 Å². The molecule has 0 amide bonds. The van der Waals surface area contributed by atoms with Gasteiger partial charge in [-0.2, -0.15) is 0 Å². The largest absolute Gasteiger partial charge is 0.364 e. The van der Waals surface area contributed by atoms with Gasteiger partial charge in [0.25, 0.3) is 0 Å². The summed E-state index contributed by atoms with van der Waals surface area (Å²) in [5.74, 6) is 7.38. The fraction of sp³-hybridized carbons (Fsp3) is 0.300.